The number of hydrogen-bond acceptors (Lipinski definition) is 5. The first-order valence-corrected chi connectivity index (χ1v) is 9.78. The first-order chi connectivity index (χ1) is 15.4. The summed E-state index contributed by atoms with van der Waals surface area (Å²) in [6.07, 6.45) is 1.47. The average molecular weight is 440 g/mol. The van der Waals surface area contributed by atoms with Crippen LogP contribution < -0.4 is 15.8 Å². The Kier molecular flexibility index (Phi) is 7.45. The maximum atomic E-state index is 14.8. The summed E-state index contributed by atoms with van der Waals surface area (Å²) in [6.45, 7) is 1.79. The van der Waals surface area contributed by atoms with E-state index in [2.05, 4.69) is 10.3 Å². The zero-order chi connectivity index (χ0) is 23.1. The highest BCUT2D eigenvalue weighted by Gasteiger charge is 2.28. The van der Waals surface area contributed by atoms with Gasteiger partial charge in [0.15, 0.2) is 6.10 Å². The Morgan fingerprint density at radius 1 is 1.16 bits per heavy atom. The summed E-state index contributed by atoms with van der Waals surface area (Å²) in [5, 5.41) is 10.0. The molecule has 0 saturated heterocycles. The molecule has 0 spiro atoms. The Morgan fingerprint density at radius 3 is 2.41 bits per heavy atom. The molecular weight excluding hydrogens is 418 g/mol. The normalized spacial score (nSPS) is 11.6. The van der Waals surface area contributed by atoms with Crippen molar-refractivity contribution in [3.63, 3.8) is 0 Å². The number of pyridine rings is 1. The van der Waals surface area contributed by atoms with Crippen molar-refractivity contribution in [3.05, 3.63) is 89.2 Å². The number of halogens is 2. The van der Waals surface area contributed by atoms with Crippen molar-refractivity contribution in [3.8, 4) is 11.5 Å². The molecule has 32 heavy (non-hydrogen) atoms. The van der Waals surface area contributed by atoms with Crippen LogP contribution in [0.3, 0.4) is 0 Å². The summed E-state index contributed by atoms with van der Waals surface area (Å²) >= 11 is 0. The van der Waals surface area contributed by atoms with Crippen molar-refractivity contribution < 1.29 is 23.0 Å². The lowest BCUT2D eigenvalue weighted by atomic mass is 10.1. The molecule has 1 amide bonds. The van der Waals surface area contributed by atoms with E-state index in [0.717, 1.165) is 17.7 Å². The van der Waals surface area contributed by atoms with Gasteiger partial charge in [0.2, 0.25) is 0 Å². The van der Waals surface area contributed by atoms with Gasteiger partial charge in [-0.05, 0) is 24.6 Å². The van der Waals surface area contributed by atoms with Gasteiger partial charge in [-0.25, -0.2) is 8.78 Å². The van der Waals surface area contributed by atoms with E-state index in [9.17, 15) is 13.6 Å². The maximum Gasteiger partial charge on any atom is 0.254 e. The number of benzene rings is 2. The lowest BCUT2D eigenvalue weighted by molar-refractivity contribution is -0.133. The van der Waals surface area contributed by atoms with Crippen molar-refractivity contribution >= 4 is 11.7 Å². The maximum absolute atomic E-state index is 14.8. The Labute approximate surface area is 183 Å². The van der Waals surface area contributed by atoms with E-state index in [0.29, 0.717) is 11.3 Å². The van der Waals surface area contributed by atoms with E-state index in [1.165, 1.54) is 6.20 Å². The molecule has 1 unspecified atom stereocenters. The van der Waals surface area contributed by atoms with Gasteiger partial charge in [-0.2, -0.15) is 0 Å². The van der Waals surface area contributed by atoms with Gasteiger partial charge in [0, 0.05) is 37.0 Å². The molecule has 0 aliphatic rings. The first kappa shape index (κ1) is 22.8. The third-order valence-electron chi connectivity index (χ3n) is 4.49. The van der Waals surface area contributed by atoms with Gasteiger partial charge in [0.25, 0.3) is 5.91 Å². The second kappa shape index (κ2) is 10.5. The zero-order valence-electron chi connectivity index (χ0n) is 17.3. The summed E-state index contributed by atoms with van der Waals surface area (Å²) in [5.41, 5.74) is 6.18. The molecule has 1 heterocycles. The van der Waals surface area contributed by atoms with Crippen LogP contribution in [0.4, 0.5) is 8.78 Å². The highest BCUT2D eigenvalue weighted by Crippen LogP contribution is 2.30. The van der Waals surface area contributed by atoms with E-state index >= 15 is 0 Å². The molecule has 1 atom stereocenters. The van der Waals surface area contributed by atoms with Crippen molar-refractivity contribution in [1.82, 2.24) is 10.3 Å². The molecule has 0 bridgehead atoms. The zero-order valence-corrected chi connectivity index (χ0v) is 17.3. The van der Waals surface area contributed by atoms with Crippen LogP contribution in [0.25, 0.3) is 0 Å². The number of hydrogen-bond donors (Lipinski definition) is 3. The smallest absolute Gasteiger partial charge is 0.254 e. The summed E-state index contributed by atoms with van der Waals surface area (Å²) < 4.78 is 40.4. The minimum atomic E-state index is -1.48. The van der Waals surface area contributed by atoms with Crippen LogP contribution in [0.2, 0.25) is 0 Å². The Hall–Kier alpha value is -3.85. The van der Waals surface area contributed by atoms with Gasteiger partial charge in [-0.1, -0.05) is 24.3 Å². The molecule has 7 nitrogen and oxygen atoms in total. The predicted octanol–water partition coefficient (Wildman–Crippen LogP) is 3.83. The quantitative estimate of drug-likeness (QED) is 0.346. The third-order valence-corrected chi connectivity index (χ3v) is 4.49. The van der Waals surface area contributed by atoms with Gasteiger partial charge < -0.3 is 20.5 Å². The van der Waals surface area contributed by atoms with E-state index < -0.39 is 29.2 Å². The second-order valence-electron chi connectivity index (χ2n) is 6.76. The van der Waals surface area contributed by atoms with Crippen LogP contribution in [0, 0.1) is 17.0 Å². The van der Waals surface area contributed by atoms with Gasteiger partial charge in [0.05, 0.1) is 11.8 Å². The molecular formula is C23H22F2N4O3. The molecule has 3 aromatic rings. The molecule has 0 fully saturated rings. The number of nitrogens with two attached hydrogens (primary N) is 1. The van der Waals surface area contributed by atoms with Crippen molar-refractivity contribution in [2.45, 2.75) is 19.6 Å². The first-order valence-electron chi connectivity index (χ1n) is 9.78. The Morgan fingerprint density at radius 2 is 1.84 bits per heavy atom. The summed E-state index contributed by atoms with van der Waals surface area (Å²) in [4.78, 5) is 16.6. The molecule has 9 heteroatoms. The molecule has 0 radical (unpaired) electrons. The molecule has 3 rings (SSSR count). The number of ether oxygens (including phenoxy) is 2. The standard InChI is InChI=1S/C23H22F2N4O3/c1-2-31-21(23(30)29-12-14-5-7-15(8-6-14)22(26)27)20-18(24)10-17(11-19(20)25)32-16-4-3-9-28-13-16/h3-11,13,21H,2,12H2,1H3,(H3,26,27)(H,29,30). The van der Waals surface area contributed by atoms with Crippen molar-refractivity contribution in [1.29, 1.82) is 5.41 Å². The second-order valence-corrected chi connectivity index (χ2v) is 6.76. The molecule has 0 aliphatic heterocycles. The number of amides is 1. The number of carbonyl (C=O) groups is 1. The summed E-state index contributed by atoms with van der Waals surface area (Å²) in [6, 6.07) is 11.9. The third kappa shape index (κ3) is 5.64. The molecule has 2 aromatic carbocycles. The van der Waals surface area contributed by atoms with Crippen LogP contribution in [0.5, 0.6) is 11.5 Å². The van der Waals surface area contributed by atoms with E-state index in [1.54, 1.807) is 49.5 Å². The van der Waals surface area contributed by atoms with Crippen LogP contribution >= 0.6 is 0 Å². The number of nitrogen functional groups attached to an aromatic ring is 1. The molecule has 4 N–H and O–H groups in total. The topological polar surface area (TPSA) is 110 Å². The fraction of sp³-hybridized carbons (Fsp3) is 0.174. The highest BCUT2D eigenvalue weighted by atomic mass is 19.1. The Balaban J connectivity index is 1.76. The largest absolute Gasteiger partial charge is 0.456 e. The summed E-state index contributed by atoms with van der Waals surface area (Å²) in [7, 11) is 0. The van der Waals surface area contributed by atoms with Gasteiger partial charge >= 0.3 is 0 Å². The number of rotatable bonds is 9. The highest BCUT2D eigenvalue weighted by molar-refractivity contribution is 5.94. The number of amidine groups is 1. The number of aromatic nitrogens is 1. The summed E-state index contributed by atoms with van der Waals surface area (Å²) in [5.74, 6) is -2.46. The lowest BCUT2D eigenvalue weighted by Gasteiger charge is -2.19. The Bertz CT molecular complexity index is 1070. The van der Waals surface area contributed by atoms with Gasteiger partial charge in [0.1, 0.15) is 29.0 Å². The van der Waals surface area contributed by atoms with Crippen LogP contribution in [-0.2, 0) is 16.1 Å². The average Bonchev–Trinajstić information content (AvgIpc) is 2.77. The molecule has 1 aromatic heterocycles. The van der Waals surface area contributed by atoms with Crippen LogP contribution in [0.1, 0.15) is 29.7 Å². The molecule has 0 saturated carbocycles. The number of nitrogens with one attached hydrogen (secondary N) is 2. The van der Waals surface area contributed by atoms with Gasteiger partial charge in [-0.15, -0.1) is 0 Å². The molecule has 0 aliphatic carbocycles. The number of nitrogens with zero attached hydrogens (tertiary/aromatic N) is 1. The minimum Gasteiger partial charge on any atom is -0.456 e. The van der Waals surface area contributed by atoms with Gasteiger partial charge in [-0.3, -0.25) is 15.2 Å². The fourth-order valence-electron chi connectivity index (χ4n) is 2.95. The van der Waals surface area contributed by atoms with E-state index in [-0.39, 0.29) is 24.7 Å². The minimum absolute atomic E-state index is 0.0677. The van der Waals surface area contributed by atoms with E-state index in [1.807, 2.05) is 0 Å². The monoisotopic (exact) mass is 440 g/mol. The van der Waals surface area contributed by atoms with Crippen molar-refractivity contribution in [2.24, 2.45) is 5.73 Å². The predicted molar refractivity (Wildman–Crippen MR) is 114 cm³/mol. The van der Waals surface area contributed by atoms with Crippen LogP contribution in [-0.4, -0.2) is 23.3 Å². The number of carbonyl (C=O) groups excluding carboxylic acids is 1. The van der Waals surface area contributed by atoms with Crippen molar-refractivity contribution in [2.75, 3.05) is 6.61 Å². The SMILES string of the molecule is CCOC(C(=O)NCc1ccc(C(=N)N)cc1)c1c(F)cc(Oc2cccnc2)cc1F. The van der Waals surface area contributed by atoms with Crippen LogP contribution in [0.15, 0.2) is 60.9 Å². The molecule has 166 valence electrons. The fourth-order valence-corrected chi connectivity index (χ4v) is 2.95. The lowest BCUT2D eigenvalue weighted by Crippen LogP contribution is -2.31. The van der Waals surface area contributed by atoms with E-state index in [4.69, 9.17) is 20.6 Å².